The van der Waals surface area contributed by atoms with Gasteiger partial charge in [0.15, 0.2) is 16.7 Å². The van der Waals surface area contributed by atoms with Crippen molar-refractivity contribution in [3.8, 4) is 0 Å². The van der Waals surface area contributed by atoms with Crippen LogP contribution < -0.4 is 4.90 Å². The van der Waals surface area contributed by atoms with Crippen molar-refractivity contribution >= 4 is 45.1 Å². The van der Waals surface area contributed by atoms with Crippen LogP contribution >= 0.6 is 11.3 Å². The minimum Gasteiger partial charge on any atom is -0.503 e. The summed E-state index contributed by atoms with van der Waals surface area (Å²) in [6.45, 7) is 3.32. The molecule has 34 heavy (non-hydrogen) atoms. The molecule has 1 aromatic carbocycles. The summed E-state index contributed by atoms with van der Waals surface area (Å²) in [5.74, 6) is -2.08. The van der Waals surface area contributed by atoms with E-state index in [9.17, 15) is 19.5 Å². The Bertz CT molecular complexity index is 1470. The molecule has 172 valence electrons. The number of thiazole rings is 1. The van der Waals surface area contributed by atoms with Gasteiger partial charge in [0.25, 0.3) is 5.91 Å². The van der Waals surface area contributed by atoms with Crippen LogP contribution in [0.25, 0.3) is 11.0 Å². The lowest BCUT2D eigenvalue weighted by molar-refractivity contribution is -0.117. The molecule has 4 aromatic rings. The average molecular weight is 478 g/mol. The molecule has 0 saturated heterocycles. The second kappa shape index (κ2) is 7.99. The highest BCUT2D eigenvalue weighted by atomic mass is 32.1. The van der Waals surface area contributed by atoms with Crippen molar-refractivity contribution in [2.24, 2.45) is 0 Å². The zero-order chi connectivity index (χ0) is 24.1. The molecule has 1 amide bonds. The van der Waals surface area contributed by atoms with Crippen LogP contribution in [0.1, 0.15) is 43.5 Å². The van der Waals surface area contributed by atoms with Gasteiger partial charge in [-0.1, -0.05) is 29.5 Å². The highest BCUT2D eigenvalue weighted by molar-refractivity contribution is 7.17. The second-order valence-electron chi connectivity index (χ2n) is 7.67. The lowest BCUT2D eigenvalue weighted by Crippen LogP contribution is -2.30. The number of methoxy groups -OCH3 is 1. The minimum atomic E-state index is -1.11. The molecule has 1 N–H and O–H groups in total. The molecule has 9 nitrogen and oxygen atoms in total. The third-order valence-corrected chi connectivity index (χ3v) is 6.63. The van der Waals surface area contributed by atoms with Crippen LogP contribution in [0.4, 0.5) is 5.13 Å². The molecule has 5 rings (SSSR count). The largest absolute Gasteiger partial charge is 0.503 e. The maximum atomic E-state index is 13.5. The number of ketones is 1. The number of furan rings is 2. The first-order valence-corrected chi connectivity index (χ1v) is 11.0. The number of aromatic nitrogens is 1. The van der Waals surface area contributed by atoms with Crippen LogP contribution in [0, 0.1) is 13.8 Å². The summed E-state index contributed by atoms with van der Waals surface area (Å²) < 4.78 is 16.2. The number of carbonyl (C=O) groups excluding carboxylic acids is 3. The van der Waals surface area contributed by atoms with E-state index >= 15 is 0 Å². The van der Waals surface area contributed by atoms with Gasteiger partial charge < -0.3 is 18.7 Å². The number of fused-ring (bicyclic) bond motifs is 1. The lowest BCUT2D eigenvalue weighted by atomic mass is 10.00. The van der Waals surface area contributed by atoms with Crippen molar-refractivity contribution in [2.45, 2.75) is 19.9 Å². The zero-order valence-corrected chi connectivity index (χ0v) is 19.1. The van der Waals surface area contributed by atoms with Gasteiger partial charge in [0, 0.05) is 5.39 Å². The first kappa shape index (κ1) is 21.7. The Hall–Kier alpha value is -4.18. The molecule has 0 radical (unpaired) electrons. The maximum absolute atomic E-state index is 13.5. The van der Waals surface area contributed by atoms with E-state index in [4.69, 9.17) is 13.6 Å². The SMILES string of the molecule is COC(=O)c1sc(N2C(=O)C(O)=C(C(=O)c3cc4ccccc4o3)[C@H]2c2ccc(C)o2)nc1C. The number of aryl methyl sites for hydroxylation is 2. The number of aliphatic hydroxyl groups excluding tert-OH is 1. The highest BCUT2D eigenvalue weighted by Gasteiger charge is 2.48. The number of ether oxygens (including phenoxy) is 1. The van der Waals surface area contributed by atoms with Crippen molar-refractivity contribution in [1.82, 2.24) is 4.98 Å². The molecule has 0 saturated carbocycles. The van der Waals surface area contributed by atoms with Gasteiger partial charge in [-0.25, -0.2) is 9.78 Å². The monoisotopic (exact) mass is 478 g/mol. The molecular formula is C24H18N2O7S. The number of aliphatic hydroxyl groups is 1. The minimum absolute atomic E-state index is 0.0313. The van der Waals surface area contributed by atoms with Crippen molar-refractivity contribution in [1.29, 1.82) is 0 Å². The summed E-state index contributed by atoms with van der Waals surface area (Å²) in [4.78, 5) is 44.6. The number of amides is 1. The van der Waals surface area contributed by atoms with Crippen molar-refractivity contribution < 1.29 is 33.1 Å². The van der Waals surface area contributed by atoms with Gasteiger partial charge >= 0.3 is 5.97 Å². The number of rotatable bonds is 5. The summed E-state index contributed by atoms with van der Waals surface area (Å²) in [6, 6.07) is 10.8. The average Bonchev–Trinajstić information content (AvgIpc) is 3.58. The molecule has 1 aliphatic rings. The predicted octanol–water partition coefficient (Wildman–Crippen LogP) is 4.67. The second-order valence-corrected chi connectivity index (χ2v) is 8.65. The summed E-state index contributed by atoms with van der Waals surface area (Å²) in [5.41, 5.74) is 0.646. The number of para-hydroxylation sites is 1. The Kier molecular flexibility index (Phi) is 5.09. The van der Waals surface area contributed by atoms with Crippen LogP contribution in [0.5, 0.6) is 0 Å². The standard InChI is InChI=1S/C24H18N2O7S/c1-11-8-9-15(32-11)18-17(19(27)16-10-13-6-4-5-7-14(13)33-16)20(28)22(29)26(18)24-25-12(2)21(34-24)23(30)31-3/h4-10,18,28H,1-3H3/t18-/m1/s1. The Morgan fingerprint density at radius 2 is 1.91 bits per heavy atom. The molecule has 0 bridgehead atoms. The molecule has 0 spiro atoms. The quantitative estimate of drug-likeness (QED) is 0.324. The first-order chi connectivity index (χ1) is 16.3. The molecular weight excluding hydrogens is 460 g/mol. The van der Waals surface area contributed by atoms with Gasteiger partial charge in [0.2, 0.25) is 5.78 Å². The van der Waals surface area contributed by atoms with Crippen LogP contribution in [0.2, 0.25) is 0 Å². The number of esters is 1. The van der Waals surface area contributed by atoms with Gasteiger partial charge in [0.1, 0.15) is 28.0 Å². The van der Waals surface area contributed by atoms with Gasteiger partial charge in [0.05, 0.1) is 18.4 Å². The van der Waals surface area contributed by atoms with Gasteiger partial charge in [-0.3, -0.25) is 14.5 Å². The number of nitrogens with zero attached hydrogens (tertiary/aromatic N) is 2. The summed E-state index contributed by atoms with van der Waals surface area (Å²) in [5, 5.41) is 11.7. The van der Waals surface area contributed by atoms with Gasteiger partial charge in [-0.2, -0.15) is 0 Å². The molecule has 0 aliphatic carbocycles. The van der Waals surface area contributed by atoms with E-state index in [0.29, 0.717) is 22.4 Å². The normalized spacial score (nSPS) is 16.0. The molecule has 1 aliphatic heterocycles. The Labute approximate surface area is 196 Å². The number of hydrogen-bond acceptors (Lipinski definition) is 9. The van der Waals surface area contributed by atoms with Crippen LogP contribution in [-0.4, -0.2) is 34.9 Å². The fraction of sp³-hybridized carbons (Fsp3) is 0.167. The number of benzene rings is 1. The van der Waals surface area contributed by atoms with E-state index in [1.165, 1.54) is 7.11 Å². The predicted molar refractivity (Wildman–Crippen MR) is 122 cm³/mol. The number of hydrogen-bond donors (Lipinski definition) is 1. The van der Waals surface area contributed by atoms with E-state index in [2.05, 4.69) is 4.98 Å². The smallest absolute Gasteiger partial charge is 0.350 e. The van der Waals surface area contributed by atoms with Crippen molar-refractivity contribution in [2.75, 3.05) is 12.0 Å². The number of carbonyl (C=O) groups is 3. The Morgan fingerprint density at radius 3 is 2.59 bits per heavy atom. The maximum Gasteiger partial charge on any atom is 0.350 e. The highest BCUT2D eigenvalue weighted by Crippen LogP contribution is 2.44. The molecule has 0 fully saturated rings. The summed E-state index contributed by atoms with van der Waals surface area (Å²) in [7, 11) is 1.24. The molecule has 0 unspecified atom stereocenters. The van der Waals surface area contributed by atoms with Crippen LogP contribution in [0.3, 0.4) is 0 Å². The lowest BCUT2D eigenvalue weighted by Gasteiger charge is -2.22. The number of Topliss-reactive ketones (excluding diaryl/α,β-unsaturated/α-hetero) is 1. The van der Waals surface area contributed by atoms with Gasteiger partial charge in [-0.05, 0) is 38.1 Å². The van der Waals surface area contributed by atoms with E-state index in [0.717, 1.165) is 16.2 Å². The zero-order valence-electron chi connectivity index (χ0n) is 18.3. The Morgan fingerprint density at radius 1 is 1.15 bits per heavy atom. The van der Waals surface area contributed by atoms with Crippen molar-refractivity contribution in [3.63, 3.8) is 0 Å². The van der Waals surface area contributed by atoms with Gasteiger partial charge in [-0.15, -0.1) is 0 Å². The molecule has 1 atom stereocenters. The van der Waals surface area contributed by atoms with Crippen molar-refractivity contribution in [3.05, 3.63) is 81.6 Å². The topological polar surface area (TPSA) is 123 Å². The third-order valence-electron chi connectivity index (χ3n) is 5.49. The number of anilines is 1. The van der Waals surface area contributed by atoms with E-state index in [1.54, 1.807) is 50.2 Å². The fourth-order valence-corrected chi connectivity index (χ4v) is 4.91. The molecule has 10 heteroatoms. The molecule has 3 aromatic heterocycles. The van der Waals surface area contributed by atoms with Crippen LogP contribution in [0.15, 0.2) is 62.6 Å². The Balaban J connectivity index is 1.64. The first-order valence-electron chi connectivity index (χ1n) is 10.2. The fourth-order valence-electron chi connectivity index (χ4n) is 3.90. The summed E-state index contributed by atoms with van der Waals surface area (Å²) in [6.07, 6.45) is 0. The third kappa shape index (κ3) is 3.30. The molecule has 4 heterocycles. The van der Waals surface area contributed by atoms with E-state index in [1.807, 2.05) is 6.07 Å². The van der Waals surface area contributed by atoms with E-state index < -0.39 is 29.5 Å². The van der Waals surface area contributed by atoms with E-state index in [-0.39, 0.29) is 27.1 Å². The van der Waals surface area contributed by atoms with Crippen LogP contribution in [-0.2, 0) is 9.53 Å². The summed E-state index contributed by atoms with van der Waals surface area (Å²) >= 11 is 0.919.